The number of methoxy groups -OCH3 is 1. The van der Waals surface area contributed by atoms with Crippen LogP contribution in [0.15, 0.2) is 65.6 Å². The summed E-state index contributed by atoms with van der Waals surface area (Å²) < 4.78 is 59.0. The number of amides is 1. The van der Waals surface area contributed by atoms with Crippen LogP contribution in [0, 0.1) is 24.0 Å². The number of carbonyl (C=O) groups is 1. The van der Waals surface area contributed by atoms with Gasteiger partial charge in [0.1, 0.15) is 18.0 Å². The van der Waals surface area contributed by atoms with Crippen LogP contribution in [0.1, 0.15) is 11.1 Å². The minimum Gasteiger partial charge on any atom is -0.495 e. The smallest absolute Gasteiger partial charge is 0.271 e. The number of rotatable bonds is 10. The van der Waals surface area contributed by atoms with Crippen molar-refractivity contribution in [3.63, 3.8) is 0 Å². The second-order valence-electron chi connectivity index (χ2n) is 8.33. The normalized spacial score (nSPS) is 11.5. The van der Waals surface area contributed by atoms with Gasteiger partial charge in [0.2, 0.25) is 15.9 Å². The lowest BCUT2D eigenvalue weighted by Crippen LogP contribution is -2.37. The average Bonchev–Trinajstić information content (AvgIpc) is 2.84. The van der Waals surface area contributed by atoms with Crippen molar-refractivity contribution in [2.24, 2.45) is 0 Å². The zero-order valence-corrected chi connectivity index (χ0v) is 22.6. The van der Waals surface area contributed by atoms with Crippen molar-refractivity contribution in [1.82, 2.24) is 0 Å². The number of nitro benzene ring substituents is 1. The van der Waals surface area contributed by atoms with Crippen LogP contribution >= 0.6 is 0 Å². The molecule has 0 unspecified atom stereocenters. The van der Waals surface area contributed by atoms with Crippen molar-refractivity contribution >= 4 is 48.7 Å². The molecule has 0 spiro atoms. The third-order valence-corrected chi connectivity index (χ3v) is 7.99. The summed E-state index contributed by atoms with van der Waals surface area (Å²) in [5.41, 5.74) is 1.63. The number of aryl methyl sites for hydroxylation is 2. The van der Waals surface area contributed by atoms with Crippen molar-refractivity contribution in [3.05, 3.63) is 81.9 Å². The van der Waals surface area contributed by atoms with E-state index >= 15 is 0 Å². The Morgan fingerprint density at radius 1 is 1.00 bits per heavy atom. The van der Waals surface area contributed by atoms with E-state index in [-0.39, 0.29) is 27.7 Å². The quantitative estimate of drug-likeness (QED) is 0.280. The summed E-state index contributed by atoms with van der Waals surface area (Å²) in [6.45, 7) is 2.85. The van der Waals surface area contributed by atoms with E-state index < -0.39 is 37.4 Å². The summed E-state index contributed by atoms with van der Waals surface area (Å²) in [6, 6.07) is 14.1. The van der Waals surface area contributed by atoms with Gasteiger partial charge in [0.15, 0.2) is 0 Å². The molecule has 202 valence electrons. The largest absolute Gasteiger partial charge is 0.495 e. The molecule has 1 amide bonds. The van der Waals surface area contributed by atoms with Crippen molar-refractivity contribution in [3.8, 4) is 5.75 Å². The van der Waals surface area contributed by atoms with Crippen LogP contribution in [0.4, 0.5) is 22.7 Å². The van der Waals surface area contributed by atoms with Crippen molar-refractivity contribution in [2.45, 2.75) is 18.7 Å². The molecule has 12 nitrogen and oxygen atoms in total. The Kier molecular flexibility index (Phi) is 8.27. The maximum Gasteiger partial charge on any atom is 0.271 e. The van der Waals surface area contributed by atoms with Crippen LogP contribution in [0.25, 0.3) is 0 Å². The van der Waals surface area contributed by atoms with Crippen molar-refractivity contribution in [1.29, 1.82) is 0 Å². The second-order valence-corrected chi connectivity index (χ2v) is 11.9. The molecule has 0 aliphatic heterocycles. The molecule has 0 aliphatic carbocycles. The highest BCUT2D eigenvalue weighted by molar-refractivity contribution is 7.92. The number of anilines is 3. The summed E-state index contributed by atoms with van der Waals surface area (Å²) >= 11 is 0. The first kappa shape index (κ1) is 28.4. The van der Waals surface area contributed by atoms with E-state index in [0.29, 0.717) is 9.99 Å². The van der Waals surface area contributed by atoms with Crippen molar-refractivity contribution < 1.29 is 31.3 Å². The molecule has 0 saturated carbocycles. The van der Waals surface area contributed by atoms with Gasteiger partial charge in [-0.1, -0.05) is 18.2 Å². The number of nitrogens with one attached hydrogen (secondary N) is 2. The van der Waals surface area contributed by atoms with Crippen LogP contribution in [-0.4, -0.2) is 47.6 Å². The van der Waals surface area contributed by atoms with Gasteiger partial charge in [-0.05, 0) is 55.3 Å². The first-order chi connectivity index (χ1) is 17.7. The van der Waals surface area contributed by atoms with Gasteiger partial charge >= 0.3 is 0 Å². The average molecular weight is 563 g/mol. The molecule has 3 aromatic rings. The number of nitro groups is 1. The number of hydrogen-bond donors (Lipinski definition) is 2. The molecule has 0 fully saturated rings. The predicted molar refractivity (Wildman–Crippen MR) is 144 cm³/mol. The fraction of sp³-hybridized carbons (Fsp3) is 0.208. The van der Waals surface area contributed by atoms with Crippen LogP contribution in [0.5, 0.6) is 5.75 Å². The molecule has 14 heteroatoms. The lowest BCUT2D eigenvalue weighted by atomic mass is 10.1. The standard InChI is InChI=1S/C24H26N4O8S2/c1-16-6-5-7-17(2)24(16)26-38(34,35)20-11-8-18(9-12-20)25-23(29)15-27(37(4,32)33)21-14-19(28(30)31)10-13-22(21)36-3/h5-14,26H,15H2,1-4H3,(H,25,29). The molecule has 0 bridgehead atoms. The Balaban J connectivity index is 1.80. The number of para-hydroxylation sites is 1. The van der Waals surface area contributed by atoms with Crippen LogP contribution < -0.4 is 19.1 Å². The third-order valence-electron chi connectivity index (χ3n) is 5.50. The van der Waals surface area contributed by atoms with Gasteiger partial charge in [-0.2, -0.15) is 0 Å². The minimum absolute atomic E-state index is 0.0137. The van der Waals surface area contributed by atoms with E-state index in [2.05, 4.69) is 10.0 Å². The van der Waals surface area contributed by atoms with Gasteiger partial charge in [-0.15, -0.1) is 0 Å². The van der Waals surface area contributed by atoms with E-state index in [9.17, 15) is 31.7 Å². The molecule has 0 heterocycles. The van der Waals surface area contributed by atoms with Gasteiger partial charge < -0.3 is 10.1 Å². The summed E-state index contributed by atoms with van der Waals surface area (Å²) in [5, 5.41) is 13.7. The van der Waals surface area contributed by atoms with Crippen LogP contribution in [0.3, 0.4) is 0 Å². The maximum absolute atomic E-state index is 12.9. The van der Waals surface area contributed by atoms with E-state index in [1.165, 1.54) is 37.4 Å². The molecule has 0 atom stereocenters. The van der Waals surface area contributed by atoms with Crippen LogP contribution in [0.2, 0.25) is 0 Å². The SMILES string of the molecule is COc1ccc([N+](=O)[O-])cc1N(CC(=O)Nc1ccc(S(=O)(=O)Nc2c(C)cccc2C)cc1)S(C)(=O)=O. The Morgan fingerprint density at radius 2 is 1.61 bits per heavy atom. The first-order valence-electron chi connectivity index (χ1n) is 11.0. The predicted octanol–water partition coefficient (Wildman–Crippen LogP) is 3.43. The maximum atomic E-state index is 12.9. The summed E-state index contributed by atoms with van der Waals surface area (Å²) in [4.78, 5) is 23.2. The zero-order valence-electron chi connectivity index (χ0n) is 21.0. The number of ether oxygens (including phenoxy) is 1. The third kappa shape index (κ3) is 6.58. The highest BCUT2D eigenvalue weighted by atomic mass is 32.2. The highest BCUT2D eigenvalue weighted by Crippen LogP contribution is 2.33. The Bertz CT molecular complexity index is 1570. The summed E-state index contributed by atoms with van der Waals surface area (Å²) in [6.07, 6.45) is 0.849. The van der Waals surface area contributed by atoms with Crippen LogP contribution in [-0.2, 0) is 24.8 Å². The fourth-order valence-electron chi connectivity index (χ4n) is 3.59. The topological polar surface area (TPSA) is 165 Å². The van der Waals surface area contributed by atoms with E-state index in [4.69, 9.17) is 4.74 Å². The van der Waals surface area contributed by atoms with E-state index in [1.807, 2.05) is 6.07 Å². The Morgan fingerprint density at radius 3 is 2.13 bits per heavy atom. The minimum atomic E-state index is -4.06. The molecule has 0 saturated heterocycles. The van der Waals surface area contributed by atoms with Crippen molar-refractivity contribution in [2.75, 3.05) is 34.3 Å². The van der Waals surface area contributed by atoms with Gasteiger partial charge in [0.05, 0.1) is 28.9 Å². The van der Waals surface area contributed by atoms with E-state index in [0.717, 1.165) is 29.5 Å². The molecule has 0 aliphatic rings. The number of hydrogen-bond acceptors (Lipinski definition) is 8. The molecule has 0 aromatic heterocycles. The molecular weight excluding hydrogens is 536 g/mol. The Hall–Kier alpha value is -4.17. The van der Waals surface area contributed by atoms with Gasteiger partial charge in [-0.3, -0.25) is 23.9 Å². The molecule has 2 N–H and O–H groups in total. The number of nitrogens with zero attached hydrogens (tertiary/aromatic N) is 2. The number of benzene rings is 3. The summed E-state index contributed by atoms with van der Waals surface area (Å²) in [7, 11) is -6.72. The Labute approximate surface area is 220 Å². The van der Waals surface area contributed by atoms with Gasteiger partial charge in [0.25, 0.3) is 15.7 Å². The second kappa shape index (κ2) is 11.1. The lowest BCUT2D eigenvalue weighted by Gasteiger charge is -2.23. The monoisotopic (exact) mass is 562 g/mol. The number of sulfonamides is 2. The van der Waals surface area contributed by atoms with Gasteiger partial charge in [-0.25, -0.2) is 16.8 Å². The molecule has 0 radical (unpaired) electrons. The van der Waals surface area contributed by atoms with Gasteiger partial charge in [0, 0.05) is 17.8 Å². The molecule has 3 rings (SSSR count). The highest BCUT2D eigenvalue weighted by Gasteiger charge is 2.26. The fourth-order valence-corrected chi connectivity index (χ4v) is 5.64. The number of non-ortho nitro benzene ring substituents is 1. The first-order valence-corrected chi connectivity index (χ1v) is 14.3. The molecule has 38 heavy (non-hydrogen) atoms. The zero-order chi connectivity index (χ0) is 28.3. The molecule has 3 aromatic carbocycles. The summed E-state index contributed by atoms with van der Waals surface area (Å²) in [5.74, 6) is -0.756. The number of carbonyl (C=O) groups excluding carboxylic acids is 1. The molecular formula is C24H26N4O8S2. The van der Waals surface area contributed by atoms with E-state index in [1.54, 1.807) is 26.0 Å². The lowest BCUT2D eigenvalue weighted by molar-refractivity contribution is -0.384.